The molecular weight excluding hydrogens is 887 g/mol. The molecule has 7 atom stereocenters. The van der Waals surface area contributed by atoms with Crippen molar-refractivity contribution in [2.45, 2.75) is 352 Å². The maximum atomic E-state index is 13.0. The Bertz CT molecular complexity index is 1170. The number of aliphatic hydroxyl groups excluding tert-OH is 5. The van der Waals surface area contributed by atoms with Crippen LogP contribution in [0.3, 0.4) is 0 Å². The summed E-state index contributed by atoms with van der Waals surface area (Å²) in [4.78, 5) is 13.0. The Morgan fingerprint density at radius 2 is 0.831 bits per heavy atom. The molecule has 1 rings (SSSR count). The van der Waals surface area contributed by atoms with Gasteiger partial charge in [0.1, 0.15) is 24.4 Å². The summed E-state index contributed by atoms with van der Waals surface area (Å²) >= 11 is 0. The molecule has 0 aromatic carbocycles. The van der Waals surface area contributed by atoms with Gasteiger partial charge in [-0.25, -0.2) is 0 Å². The van der Waals surface area contributed by atoms with Gasteiger partial charge in [0, 0.05) is 6.42 Å². The normalized spacial score (nSPS) is 19.3. The average molecular weight is 1010 g/mol. The Labute approximate surface area is 439 Å². The zero-order chi connectivity index (χ0) is 51.5. The van der Waals surface area contributed by atoms with Crippen molar-refractivity contribution in [2.75, 3.05) is 13.2 Å². The van der Waals surface area contributed by atoms with Gasteiger partial charge in [0.2, 0.25) is 5.91 Å². The van der Waals surface area contributed by atoms with Gasteiger partial charge in [0.15, 0.2) is 6.29 Å². The minimum absolute atomic E-state index is 0.135. The summed E-state index contributed by atoms with van der Waals surface area (Å²) in [7, 11) is 0. The highest BCUT2D eigenvalue weighted by atomic mass is 16.7. The van der Waals surface area contributed by atoms with Gasteiger partial charge in [-0.05, 0) is 44.9 Å². The minimum Gasteiger partial charge on any atom is -0.394 e. The van der Waals surface area contributed by atoms with Gasteiger partial charge < -0.3 is 40.3 Å². The third-order valence-corrected chi connectivity index (χ3v) is 15.1. The lowest BCUT2D eigenvalue weighted by Crippen LogP contribution is -2.60. The molecule has 1 saturated heterocycles. The maximum absolute atomic E-state index is 13.0. The lowest BCUT2D eigenvalue weighted by molar-refractivity contribution is -0.302. The SMILES string of the molecule is CCCCCCCCCCCCCCCCC/C=C\C/C=C\CCCCCCCCCCCCCCCCCCCC(=O)NC(COC1OC(CO)C(O)C(O)C1O)C(O)CCCCCCCCCCC. The van der Waals surface area contributed by atoms with E-state index in [-0.39, 0.29) is 12.5 Å². The van der Waals surface area contributed by atoms with Crippen LogP contribution in [-0.2, 0) is 14.3 Å². The summed E-state index contributed by atoms with van der Waals surface area (Å²) < 4.78 is 11.3. The van der Waals surface area contributed by atoms with Crippen LogP contribution in [0.25, 0.3) is 0 Å². The molecule has 6 N–H and O–H groups in total. The molecule has 0 bridgehead atoms. The smallest absolute Gasteiger partial charge is 0.220 e. The molecule has 7 unspecified atom stereocenters. The molecule has 0 saturated carbocycles. The van der Waals surface area contributed by atoms with Crippen LogP contribution in [0, 0.1) is 0 Å². The molecule has 0 radical (unpaired) electrons. The number of rotatable bonds is 54. The van der Waals surface area contributed by atoms with Crippen molar-refractivity contribution in [3.8, 4) is 0 Å². The van der Waals surface area contributed by atoms with Gasteiger partial charge in [-0.15, -0.1) is 0 Å². The van der Waals surface area contributed by atoms with Crippen molar-refractivity contribution in [3.63, 3.8) is 0 Å². The summed E-state index contributed by atoms with van der Waals surface area (Å²) in [6.45, 7) is 3.84. The molecule has 1 heterocycles. The van der Waals surface area contributed by atoms with Crippen LogP contribution < -0.4 is 5.32 Å². The number of carbonyl (C=O) groups excluding carboxylic acids is 1. The molecule has 1 amide bonds. The second-order valence-corrected chi connectivity index (χ2v) is 21.9. The van der Waals surface area contributed by atoms with E-state index in [9.17, 15) is 30.3 Å². The van der Waals surface area contributed by atoms with E-state index in [1.54, 1.807) is 0 Å². The average Bonchev–Trinajstić information content (AvgIpc) is 3.37. The molecule has 9 heteroatoms. The Morgan fingerprint density at radius 3 is 1.21 bits per heavy atom. The van der Waals surface area contributed by atoms with E-state index in [0.29, 0.717) is 12.8 Å². The summed E-state index contributed by atoms with van der Waals surface area (Å²) in [5.74, 6) is -0.143. The fourth-order valence-electron chi connectivity index (χ4n) is 10.1. The van der Waals surface area contributed by atoms with Crippen LogP contribution in [0.15, 0.2) is 24.3 Å². The molecule has 0 spiro atoms. The first-order chi connectivity index (χ1) is 34.8. The molecule has 420 valence electrons. The van der Waals surface area contributed by atoms with Gasteiger partial charge in [-0.3, -0.25) is 4.79 Å². The van der Waals surface area contributed by atoms with Crippen molar-refractivity contribution in [2.24, 2.45) is 0 Å². The predicted octanol–water partition coefficient (Wildman–Crippen LogP) is 15.7. The quantitative estimate of drug-likeness (QED) is 0.0261. The summed E-state index contributed by atoms with van der Waals surface area (Å²) in [6.07, 6.45) is 59.8. The number of hydrogen-bond acceptors (Lipinski definition) is 8. The zero-order valence-electron chi connectivity index (χ0n) is 46.8. The number of allylic oxidation sites excluding steroid dienone is 4. The monoisotopic (exact) mass is 1010 g/mol. The molecular formula is C62H119NO8. The molecule has 9 nitrogen and oxygen atoms in total. The van der Waals surface area contributed by atoms with Crippen LogP contribution in [0.4, 0.5) is 0 Å². The van der Waals surface area contributed by atoms with E-state index in [1.165, 1.54) is 238 Å². The Kier molecular flexibility index (Phi) is 49.7. The van der Waals surface area contributed by atoms with E-state index in [4.69, 9.17) is 9.47 Å². The van der Waals surface area contributed by atoms with Crippen LogP contribution in [0.5, 0.6) is 0 Å². The second-order valence-electron chi connectivity index (χ2n) is 21.9. The van der Waals surface area contributed by atoms with Gasteiger partial charge in [-0.2, -0.15) is 0 Å². The van der Waals surface area contributed by atoms with Gasteiger partial charge in [0.05, 0.1) is 25.4 Å². The highest BCUT2D eigenvalue weighted by Gasteiger charge is 2.44. The number of nitrogens with one attached hydrogen (secondary N) is 1. The summed E-state index contributed by atoms with van der Waals surface area (Å²) in [5, 5.41) is 54.4. The molecule has 71 heavy (non-hydrogen) atoms. The van der Waals surface area contributed by atoms with Gasteiger partial charge in [0.25, 0.3) is 0 Å². The molecule has 1 fully saturated rings. The van der Waals surface area contributed by atoms with Crippen LogP contribution in [0.1, 0.15) is 309 Å². The van der Waals surface area contributed by atoms with Crippen molar-refractivity contribution in [3.05, 3.63) is 24.3 Å². The van der Waals surface area contributed by atoms with Crippen molar-refractivity contribution < 1.29 is 39.8 Å². The topological polar surface area (TPSA) is 149 Å². The Morgan fingerprint density at radius 1 is 0.479 bits per heavy atom. The lowest BCUT2D eigenvalue weighted by atomic mass is 9.99. The third-order valence-electron chi connectivity index (χ3n) is 15.1. The van der Waals surface area contributed by atoms with Crippen LogP contribution in [-0.4, -0.2) is 87.5 Å². The van der Waals surface area contributed by atoms with E-state index < -0.39 is 49.5 Å². The summed E-state index contributed by atoms with van der Waals surface area (Å²) in [6, 6.07) is -0.715. The van der Waals surface area contributed by atoms with E-state index in [0.717, 1.165) is 44.9 Å². The van der Waals surface area contributed by atoms with Crippen molar-refractivity contribution >= 4 is 5.91 Å². The van der Waals surface area contributed by atoms with E-state index in [1.807, 2.05) is 0 Å². The minimum atomic E-state index is -1.55. The molecule has 1 aliphatic rings. The van der Waals surface area contributed by atoms with Crippen molar-refractivity contribution in [1.82, 2.24) is 5.32 Å². The molecule has 0 aliphatic carbocycles. The lowest BCUT2D eigenvalue weighted by Gasteiger charge is -2.40. The Hall–Kier alpha value is -1.33. The number of carbonyl (C=O) groups is 1. The first-order valence-corrected chi connectivity index (χ1v) is 31.0. The maximum Gasteiger partial charge on any atom is 0.220 e. The summed E-state index contributed by atoms with van der Waals surface area (Å²) in [5.41, 5.74) is 0. The fraction of sp³-hybridized carbons (Fsp3) is 0.919. The molecule has 0 aromatic rings. The fourth-order valence-corrected chi connectivity index (χ4v) is 10.1. The number of amides is 1. The molecule has 0 aromatic heterocycles. The standard InChI is InChI=1S/C62H119NO8/c1-3-5-7-9-11-13-14-15-16-17-18-19-20-21-22-23-24-25-26-27-28-29-30-31-32-33-34-35-36-37-38-39-40-41-42-44-46-48-50-52-58(66)63-55(56(65)51-49-47-45-43-12-10-8-6-4-2)54-70-62-61(69)60(68)59(67)57(53-64)71-62/h24-25,27-28,55-57,59-62,64-65,67-69H,3-23,26,29-54H2,1-2H3,(H,63,66)/b25-24-,28-27-. The van der Waals surface area contributed by atoms with Gasteiger partial charge >= 0.3 is 0 Å². The highest BCUT2D eigenvalue weighted by Crippen LogP contribution is 2.23. The first kappa shape index (κ1) is 67.7. The van der Waals surface area contributed by atoms with Crippen molar-refractivity contribution in [1.29, 1.82) is 0 Å². The van der Waals surface area contributed by atoms with Crippen LogP contribution >= 0.6 is 0 Å². The van der Waals surface area contributed by atoms with Crippen LogP contribution in [0.2, 0.25) is 0 Å². The predicted molar refractivity (Wildman–Crippen MR) is 300 cm³/mol. The number of hydrogen-bond donors (Lipinski definition) is 6. The zero-order valence-corrected chi connectivity index (χ0v) is 46.8. The molecule has 1 aliphatic heterocycles. The largest absolute Gasteiger partial charge is 0.394 e. The number of unbranched alkanes of at least 4 members (excludes halogenated alkanes) is 40. The third kappa shape index (κ3) is 41.6. The number of ether oxygens (including phenoxy) is 2. The van der Waals surface area contributed by atoms with E-state index in [2.05, 4.69) is 43.5 Å². The number of aliphatic hydroxyl groups is 5. The first-order valence-electron chi connectivity index (χ1n) is 31.0. The van der Waals surface area contributed by atoms with Gasteiger partial charge in [-0.1, -0.05) is 282 Å². The Balaban J connectivity index is 1.99. The second kappa shape index (κ2) is 52.1. The highest BCUT2D eigenvalue weighted by molar-refractivity contribution is 5.76. The van der Waals surface area contributed by atoms with E-state index >= 15 is 0 Å².